The Morgan fingerprint density at radius 3 is 2.58 bits per heavy atom. The van der Waals surface area contributed by atoms with Crippen molar-refractivity contribution in [2.45, 2.75) is 38.8 Å². The molecule has 2 aromatic heterocycles. The number of amides is 2. The molecule has 0 atom stereocenters. The molecule has 1 aliphatic heterocycles. The van der Waals surface area contributed by atoms with Gasteiger partial charge in [0, 0.05) is 43.3 Å². The van der Waals surface area contributed by atoms with Crippen LogP contribution in [0, 0.1) is 5.92 Å². The molecule has 0 aliphatic carbocycles. The van der Waals surface area contributed by atoms with Crippen molar-refractivity contribution in [1.82, 2.24) is 24.5 Å². The molecule has 0 bridgehead atoms. The minimum absolute atomic E-state index is 0.0468. The molecule has 164 valence electrons. The van der Waals surface area contributed by atoms with E-state index in [1.54, 1.807) is 39.8 Å². The molecule has 9 heteroatoms. The Morgan fingerprint density at radius 2 is 1.94 bits per heavy atom. The van der Waals surface area contributed by atoms with E-state index in [-0.39, 0.29) is 17.7 Å². The molecule has 1 aliphatic rings. The SMILES string of the molecule is CC(C)C(=O)Nc1ccc2cnn(CC3(O)CCN(C(=O)c4ccnn4C)CC3)c2c1. The fraction of sp³-hybridized carbons (Fsp3) is 0.455. The number of fused-ring (bicyclic) bond motifs is 1. The Balaban J connectivity index is 1.46. The van der Waals surface area contributed by atoms with Crippen LogP contribution in [0.25, 0.3) is 10.9 Å². The van der Waals surface area contributed by atoms with Crippen LogP contribution in [0.5, 0.6) is 0 Å². The second-order valence-electron chi connectivity index (χ2n) is 8.58. The first kappa shape index (κ1) is 21.0. The molecule has 9 nitrogen and oxygen atoms in total. The second-order valence-corrected chi connectivity index (χ2v) is 8.58. The summed E-state index contributed by atoms with van der Waals surface area (Å²) in [5, 5.41) is 23.5. The maximum atomic E-state index is 12.7. The molecule has 4 rings (SSSR count). The Bertz CT molecular complexity index is 1110. The van der Waals surface area contributed by atoms with Crippen molar-refractivity contribution < 1.29 is 14.7 Å². The van der Waals surface area contributed by atoms with E-state index in [4.69, 9.17) is 0 Å². The first-order chi connectivity index (χ1) is 14.8. The van der Waals surface area contributed by atoms with Crippen molar-refractivity contribution in [1.29, 1.82) is 0 Å². The van der Waals surface area contributed by atoms with E-state index in [1.807, 2.05) is 32.0 Å². The molecule has 2 N–H and O–H groups in total. The Labute approximate surface area is 180 Å². The van der Waals surface area contributed by atoms with E-state index in [1.165, 1.54) is 0 Å². The fourth-order valence-electron chi connectivity index (χ4n) is 3.87. The highest BCUT2D eigenvalue weighted by Gasteiger charge is 2.35. The smallest absolute Gasteiger partial charge is 0.272 e. The number of piperidine rings is 1. The van der Waals surface area contributed by atoms with Gasteiger partial charge in [-0.1, -0.05) is 13.8 Å². The molecular weight excluding hydrogens is 396 g/mol. The van der Waals surface area contributed by atoms with Gasteiger partial charge in [-0.2, -0.15) is 10.2 Å². The lowest BCUT2D eigenvalue weighted by molar-refractivity contribution is -0.118. The van der Waals surface area contributed by atoms with Gasteiger partial charge in [0.25, 0.3) is 5.91 Å². The highest BCUT2D eigenvalue weighted by Crippen LogP contribution is 2.27. The minimum atomic E-state index is -0.959. The van der Waals surface area contributed by atoms with Gasteiger partial charge in [-0.05, 0) is 37.1 Å². The standard InChI is InChI=1S/C22H28N6O3/c1-15(2)20(29)25-17-5-4-16-13-24-28(19(16)12-17)14-22(31)7-10-27(11-8-22)21(30)18-6-9-23-26(18)3/h4-6,9,12-13,15,31H,7-8,10-11,14H2,1-3H3,(H,25,29). The Hall–Kier alpha value is -3.20. The lowest BCUT2D eigenvalue weighted by atomic mass is 9.91. The van der Waals surface area contributed by atoms with Crippen LogP contribution >= 0.6 is 0 Å². The van der Waals surface area contributed by atoms with Crippen LogP contribution in [0.2, 0.25) is 0 Å². The average Bonchev–Trinajstić information content (AvgIpc) is 3.34. The van der Waals surface area contributed by atoms with Gasteiger partial charge in [0.1, 0.15) is 5.69 Å². The minimum Gasteiger partial charge on any atom is -0.388 e. The molecule has 1 fully saturated rings. The van der Waals surface area contributed by atoms with Gasteiger partial charge >= 0.3 is 0 Å². The number of nitrogens with zero attached hydrogens (tertiary/aromatic N) is 5. The summed E-state index contributed by atoms with van der Waals surface area (Å²) in [6.45, 7) is 4.95. The van der Waals surface area contributed by atoms with Gasteiger partial charge in [0.2, 0.25) is 5.91 Å². The number of hydrogen-bond acceptors (Lipinski definition) is 5. The van der Waals surface area contributed by atoms with Gasteiger partial charge in [0.05, 0.1) is 23.9 Å². The molecule has 0 unspecified atom stereocenters. The van der Waals surface area contributed by atoms with Crippen LogP contribution in [0.3, 0.4) is 0 Å². The summed E-state index contributed by atoms with van der Waals surface area (Å²) >= 11 is 0. The number of rotatable bonds is 5. The van der Waals surface area contributed by atoms with Gasteiger partial charge < -0.3 is 15.3 Å². The summed E-state index contributed by atoms with van der Waals surface area (Å²) in [6.07, 6.45) is 4.28. The molecule has 1 aromatic carbocycles. The average molecular weight is 425 g/mol. The van der Waals surface area contributed by atoms with Crippen LogP contribution < -0.4 is 5.32 Å². The first-order valence-electron chi connectivity index (χ1n) is 10.5. The third-order valence-corrected chi connectivity index (χ3v) is 5.90. The monoisotopic (exact) mass is 424 g/mol. The number of hydrogen-bond donors (Lipinski definition) is 2. The Kier molecular flexibility index (Phi) is 5.53. The molecule has 1 saturated heterocycles. The van der Waals surface area contributed by atoms with E-state index in [0.29, 0.717) is 43.9 Å². The number of aromatic nitrogens is 4. The highest BCUT2D eigenvalue weighted by atomic mass is 16.3. The van der Waals surface area contributed by atoms with E-state index in [0.717, 1.165) is 10.9 Å². The largest absolute Gasteiger partial charge is 0.388 e. The van der Waals surface area contributed by atoms with Crippen molar-refractivity contribution in [2.24, 2.45) is 13.0 Å². The van der Waals surface area contributed by atoms with Crippen LogP contribution in [-0.2, 0) is 18.4 Å². The lowest BCUT2D eigenvalue weighted by Crippen LogP contribution is -2.49. The maximum absolute atomic E-state index is 12.7. The summed E-state index contributed by atoms with van der Waals surface area (Å²) in [4.78, 5) is 26.5. The molecular formula is C22H28N6O3. The number of aliphatic hydroxyl groups is 1. The number of likely N-dealkylation sites (tertiary alicyclic amines) is 1. The summed E-state index contributed by atoms with van der Waals surface area (Å²) in [7, 11) is 1.74. The molecule has 3 aromatic rings. The number of carbonyl (C=O) groups is 2. The van der Waals surface area contributed by atoms with Crippen molar-refractivity contribution >= 4 is 28.4 Å². The summed E-state index contributed by atoms with van der Waals surface area (Å²) < 4.78 is 3.34. The van der Waals surface area contributed by atoms with Crippen LogP contribution in [0.1, 0.15) is 37.2 Å². The lowest BCUT2D eigenvalue weighted by Gasteiger charge is -2.38. The number of nitrogens with one attached hydrogen (secondary N) is 1. The third-order valence-electron chi connectivity index (χ3n) is 5.90. The zero-order valence-corrected chi connectivity index (χ0v) is 18.1. The maximum Gasteiger partial charge on any atom is 0.272 e. The number of carbonyl (C=O) groups excluding carboxylic acids is 2. The molecule has 31 heavy (non-hydrogen) atoms. The number of benzene rings is 1. The zero-order chi connectivity index (χ0) is 22.2. The fourth-order valence-corrected chi connectivity index (χ4v) is 3.87. The van der Waals surface area contributed by atoms with Crippen molar-refractivity contribution in [3.05, 3.63) is 42.4 Å². The Morgan fingerprint density at radius 1 is 1.19 bits per heavy atom. The van der Waals surface area contributed by atoms with Gasteiger partial charge in [-0.3, -0.25) is 19.0 Å². The van der Waals surface area contributed by atoms with Gasteiger partial charge in [-0.15, -0.1) is 0 Å². The molecule has 2 amide bonds. The quantitative estimate of drug-likeness (QED) is 0.652. The van der Waals surface area contributed by atoms with Gasteiger partial charge in [-0.25, -0.2) is 0 Å². The van der Waals surface area contributed by atoms with Crippen molar-refractivity contribution in [3.8, 4) is 0 Å². The topological polar surface area (TPSA) is 105 Å². The molecule has 3 heterocycles. The molecule has 0 radical (unpaired) electrons. The van der Waals surface area contributed by atoms with E-state index < -0.39 is 5.60 Å². The molecule has 0 spiro atoms. The first-order valence-corrected chi connectivity index (χ1v) is 10.5. The van der Waals surface area contributed by atoms with Crippen molar-refractivity contribution in [2.75, 3.05) is 18.4 Å². The van der Waals surface area contributed by atoms with E-state index in [2.05, 4.69) is 15.5 Å². The number of aryl methyl sites for hydroxylation is 1. The predicted octanol–water partition coefficient (Wildman–Crippen LogP) is 2.03. The summed E-state index contributed by atoms with van der Waals surface area (Å²) in [6, 6.07) is 7.35. The summed E-state index contributed by atoms with van der Waals surface area (Å²) in [5.41, 5.74) is 1.14. The van der Waals surface area contributed by atoms with Gasteiger partial charge in [0.15, 0.2) is 0 Å². The third kappa shape index (κ3) is 4.32. The number of anilines is 1. The predicted molar refractivity (Wildman–Crippen MR) is 116 cm³/mol. The molecule has 0 saturated carbocycles. The van der Waals surface area contributed by atoms with Crippen molar-refractivity contribution in [3.63, 3.8) is 0 Å². The van der Waals surface area contributed by atoms with Crippen LogP contribution in [-0.4, -0.2) is 60.1 Å². The highest BCUT2D eigenvalue weighted by molar-refractivity contribution is 5.94. The van der Waals surface area contributed by atoms with E-state index in [9.17, 15) is 14.7 Å². The second kappa shape index (κ2) is 8.14. The normalized spacial score (nSPS) is 16.1. The van der Waals surface area contributed by atoms with E-state index >= 15 is 0 Å². The zero-order valence-electron chi connectivity index (χ0n) is 18.1. The van der Waals surface area contributed by atoms with Crippen LogP contribution in [0.4, 0.5) is 5.69 Å². The van der Waals surface area contributed by atoms with Crippen LogP contribution in [0.15, 0.2) is 36.7 Å². The summed E-state index contributed by atoms with van der Waals surface area (Å²) in [5.74, 6) is -0.229.